The smallest absolute Gasteiger partial charge is 0.123 e. The van der Waals surface area contributed by atoms with E-state index >= 15 is 0 Å². The summed E-state index contributed by atoms with van der Waals surface area (Å²) >= 11 is 0. The van der Waals surface area contributed by atoms with Crippen LogP contribution in [0.5, 0.6) is 0 Å². The van der Waals surface area contributed by atoms with Gasteiger partial charge in [-0.05, 0) is 72.1 Å². The zero-order valence-electron chi connectivity index (χ0n) is 21.1. The lowest BCUT2D eigenvalue weighted by Crippen LogP contribution is -2.11. The van der Waals surface area contributed by atoms with Gasteiger partial charge >= 0.3 is 0 Å². The molecule has 0 amide bonds. The van der Waals surface area contributed by atoms with Gasteiger partial charge in [0.25, 0.3) is 0 Å². The lowest BCUT2D eigenvalue weighted by Gasteiger charge is -2.24. The molecule has 1 aliphatic rings. The van der Waals surface area contributed by atoms with Crippen molar-refractivity contribution in [3.05, 3.63) is 58.7 Å². The van der Waals surface area contributed by atoms with Crippen LogP contribution in [0.15, 0.2) is 30.3 Å². The van der Waals surface area contributed by atoms with Crippen molar-refractivity contribution in [1.29, 1.82) is 0 Å². The number of ether oxygens (including phenoxy) is 1. The molecular formula is C29H40FNO2. The topological polar surface area (TPSA) is 42.4 Å². The second-order valence-electron chi connectivity index (χ2n) is 10.4. The first-order chi connectivity index (χ1) is 15.7. The zero-order valence-corrected chi connectivity index (χ0v) is 21.1. The highest BCUT2D eigenvalue weighted by molar-refractivity contribution is 5.80. The second kappa shape index (κ2) is 10.9. The van der Waals surface area contributed by atoms with Gasteiger partial charge in [0.15, 0.2) is 0 Å². The predicted octanol–water partition coefficient (Wildman–Crippen LogP) is 7.48. The SMILES string of the molecule is COCc1c(C(C)C)nc(C(C)C)c(/C=C/[C@@H](C)CC2(CCO)CC2)c1-c1ccc(F)cc1. The minimum atomic E-state index is -0.237. The van der Waals surface area contributed by atoms with Crippen LogP contribution in [0.3, 0.4) is 0 Å². The number of aliphatic hydroxyl groups is 1. The Morgan fingerprint density at radius 3 is 2.21 bits per heavy atom. The van der Waals surface area contributed by atoms with Gasteiger partial charge in [-0.2, -0.15) is 0 Å². The fraction of sp³-hybridized carbons (Fsp3) is 0.552. The van der Waals surface area contributed by atoms with Crippen molar-refractivity contribution in [2.24, 2.45) is 11.3 Å². The molecule has 1 saturated carbocycles. The van der Waals surface area contributed by atoms with Crippen molar-refractivity contribution in [2.75, 3.05) is 13.7 Å². The summed E-state index contributed by atoms with van der Waals surface area (Å²) in [4.78, 5) is 5.15. The zero-order chi connectivity index (χ0) is 24.2. The van der Waals surface area contributed by atoms with Crippen molar-refractivity contribution in [3.63, 3.8) is 0 Å². The first-order valence-electron chi connectivity index (χ1n) is 12.3. The van der Waals surface area contributed by atoms with Gasteiger partial charge in [-0.15, -0.1) is 0 Å². The number of nitrogens with zero attached hydrogens (tertiary/aromatic N) is 1. The summed E-state index contributed by atoms with van der Waals surface area (Å²) in [5.41, 5.74) is 6.70. The third-order valence-electron chi connectivity index (χ3n) is 6.86. The fourth-order valence-corrected chi connectivity index (χ4v) is 4.98. The number of hydrogen-bond donors (Lipinski definition) is 1. The summed E-state index contributed by atoms with van der Waals surface area (Å²) < 4.78 is 19.4. The highest BCUT2D eigenvalue weighted by Gasteiger charge is 2.42. The molecule has 1 atom stereocenters. The van der Waals surface area contributed by atoms with E-state index in [-0.39, 0.29) is 24.3 Å². The lowest BCUT2D eigenvalue weighted by atomic mass is 9.85. The van der Waals surface area contributed by atoms with E-state index in [0.29, 0.717) is 17.9 Å². The molecule has 180 valence electrons. The van der Waals surface area contributed by atoms with E-state index in [1.165, 1.54) is 25.0 Å². The number of halogens is 1. The van der Waals surface area contributed by atoms with Crippen LogP contribution in [0.25, 0.3) is 17.2 Å². The van der Waals surface area contributed by atoms with Crippen molar-refractivity contribution >= 4 is 6.08 Å². The molecule has 1 aliphatic carbocycles. The Bertz CT molecular complexity index is 959. The van der Waals surface area contributed by atoms with Crippen molar-refractivity contribution in [3.8, 4) is 11.1 Å². The molecule has 0 spiro atoms. The number of aromatic nitrogens is 1. The van der Waals surface area contributed by atoms with Gasteiger partial charge in [-0.3, -0.25) is 4.98 Å². The van der Waals surface area contributed by atoms with Crippen molar-refractivity contribution in [2.45, 2.75) is 78.7 Å². The highest BCUT2D eigenvalue weighted by atomic mass is 19.1. The number of aliphatic hydroxyl groups excluding tert-OH is 1. The Hall–Kier alpha value is -2.04. The molecule has 0 radical (unpaired) electrons. The van der Waals surface area contributed by atoms with E-state index < -0.39 is 0 Å². The molecule has 3 rings (SSSR count). The number of allylic oxidation sites excluding steroid dienone is 1. The Balaban J connectivity index is 2.15. The summed E-state index contributed by atoms with van der Waals surface area (Å²) in [6.07, 6.45) is 8.93. The van der Waals surface area contributed by atoms with Crippen LogP contribution in [-0.4, -0.2) is 23.8 Å². The minimum Gasteiger partial charge on any atom is -0.396 e. The maximum Gasteiger partial charge on any atom is 0.123 e. The maximum atomic E-state index is 13.8. The summed E-state index contributed by atoms with van der Waals surface area (Å²) in [5, 5.41) is 9.43. The number of hydrogen-bond acceptors (Lipinski definition) is 3. The monoisotopic (exact) mass is 453 g/mol. The standard InChI is InChI=1S/C29H40FNO2/c1-19(2)27-24(12-7-21(5)17-29(13-14-29)15-16-32)26(22-8-10-23(30)11-9-22)25(18-33-6)28(31-27)20(3)4/h7-12,19-21,32H,13-18H2,1-6H3/b12-7+/t21-/m1/s1. The van der Waals surface area contributed by atoms with E-state index in [4.69, 9.17) is 9.72 Å². The van der Waals surface area contributed by atoms with Crippen LogP contribution in [0.4, 0.5) is 4.39 Å². The van der Waals surface area contributed by atoms with E-state index in [0.717, 1.165) is 46.5 Å². The van der Waals surface area contributed by atoms with Crippen LogP contribution in [0, 0.1) is 17.2 Å². The summed E-state index contributed by atoms with van der Waals surface area (Å²) in [7, 11) is 1.71. The fourth-order valence-electron chi connectivity index (χ4n) is 4.98. The van der Waals surface area contributed by atoms with Gasteiger partial charge in [0.2, 0.25) is 0 Å². The summed E-state index contributed by atoms with van der Waals surface area (Å²) in [6.45, 7) is 11.7. The number of benzene rings is 1. The van der Waals surface area contributed by atoms with E-state index in [9.17, 15) is 9.50 Å². The van der Waals surface area contributed by atoms with Gasteiger partial charge < -0.3 is 9.84 Å². The van der Waals surface area contributed by atoms with Gasteiger partial charge in [0.1, 0.15) is 5.82 Å². The number of methoxy groups -OCH3 is 1. The quantitative estimate of drug-likeness (QED) is 0.383. The average Bonchev–Trinajstić information content (AvgIpc) is 3.51. The molecule has 2 aromatic rings. The van der Waals surface area contributed by atoms with Gasteiger partial charge in [0.05, 0.1) is 12.3 Å². The molecule has 1 fully saturated rings. The Morgan fingerprint density at radius 1 is 1.06 bits per heavy atom. The minimum absolute atomic E-state index is 0.237. The summed E-state index contributed by atoms with van der Waals surface area (Å²) in [6, 6.07) is 6.77. The normalized spacial score (nSPS) is 16.2. The molecular weight excluding hydrogens is 413 g/mol. The van der Waals surface area contributed by atoms with Crippen molar-refractivity contribution < 1.29 is 14.2 Å². The molecule has 0 bridgehead atoms. The molecule has 4 heteroatoms. The number of rotatable bonds is 11. The average molecular weight is 454 g/mol. The molecule has 1 N–H and O–H groups in total. The molecule has 0 aliphatic heterocycles. The van der Waals surface area contributed by atoms with Crippen LogP contribution in [0.2, 0.25) is 0 Å². The molecule has 1 aromatic heterocycles. The first kappa shape index (κ1) is 25.6. The number of pyridine rings is 1. The van der Waals surface area contributed by atoms with E-state index in [2.05, 4.69) is 46.8 Å². The highest BCUT2D eigenvalue weighted by Crippen LogP contribution is 2.53. The molecule has 33 heavy (non-hydrogen) atoms. The lowest BCUT2D eigenvalue weighted by molar-refractivity contribution is 0.184. The van der Waals surface area contributed by atoms with E-state index in [1.54, 1.807) is 7.11 Å². The third kappa shape index (κ3) is 6.10. The second-order valence-corrected chi connectivity index (χ2v) is 10.4. The van der Waals surface area contributed by atoms with Crippen LogP contribution < -0.4 is 0 Å². The predicted molar refractivity (Wildman–Crippen MR) is 135 cm³/mol. The molecule has 1 heterocycles. The molecule has 0 saturated heterocycles. The first-order valence-corrected chi connectivity index (χ1v) is 12.3. The van der Waals surface area contributed by atoms with Gasteiger partial charge in [0, 0.05) is 30.5 Å². The third-order valence-corrected chi connectivity index (χ3v) is 6.86. The van der Waals surface area contributed by atoms with Crippen molar-refractivity contribution in [1.82, 2.24) is 4.98 Å². The summed E-state index contributed by atoms with van der Waals surface area (Å²) in [5.74, 6) is 0.656. The van der Waals surface area contributed by atoms with Gasteiger partial charge in [-0.1, -0.05) is 58.9 Å². The van der Waals surface area contributed by atoms with Crippen LogP contribution >= 0.6 is 0 Å². The molecule has 1 aromatic carbocycles. The Morgan fingerprint density at radius 2 is 1.70 bits per heavy atom. The van der Waals surface area contributed by atoms with Crippen LogP contribution in [0.1, 0.15) is 94.7 Å². The maximum absolute atomic E-state index is 13.8. The largest absolute Gasteiger partial charge is 0.396 e. The Labute approximate surface area is 199 Å². The van der Waals surface area contributed by atoms with Gasteiger partial charge in [-0.25, -0.2) is 4.39 Å². The molecule has 0 unspecified atom stereocenters. The van der Waals surface area contributed by atoms with Crippen LogP contribution in [-0.2, 0) is 11.3 Å². The Kier molecular flexibility index (Phi) is 8.47. The van der Waals surface area contributed by atoms with E-state index in [1.807, 2.05) is 12.1 Å². The molecule has 3 nitrogen and oxygen atoms in total.